The molecule has 0 unspecified atom stereocenters. The van der Waals surface area contributed by atoms with Gasteiger partial charge >= 0.3 is 12.4 Å². The molecule has 2 atom stereocenters. The zero-order valence-corrected chi connectivity index (χ0v) is 24.3. The fourth-order valence-corrected chi connectivity index (χ4v) is 5.46. The molecular weight excluding hydrogens is 632 g/mol. The Bertz CT molecular complexity index is 1450. The first-order valence-electron chi connectivity index (χ1n) is 12.8. The lowest BCUT2D eigenvalue weighted by atomic mass is 9.81. The number of aliphatic hydroxyl groups is 2. The van der Waals surface area contributed by atoms with Gasteiger partial charge in [-0.25, -0.2) is 4.98 Å². The Morgan fingerprint density at radius 2 is 1.62 bits per heavy atom. The molecule has 1 aliphatic rings. The number of hydrogen-bond acceptors (Lipinski definition) is 5. The van der Waals surface area contributed by atoms with Gasteiger partial charge in [0.25, 0.3) is 0 Å². The SMILES string of the molecule is CN(C(=O)C(C)(C)c1cc(C(F)(F)F)cc(C(F)(F)F)c1)c1cnc(N2C[C@H](O)C[C@H]2CO)cc1-c1cccc(Br)c1. The minimum Gasteiger partial charge on any atom is -0.394 e. The van der Waals surface area contributed by atoms with E-state index in [4.69, 9.17) is 0 Å². The Morgan fingerprint density at radius 3 is 2.17 bits per heavy atom. The fourth-order valence-electron chi connectivity index (χ4n) is 5.06. The molecule has 1 saturated heterocycles. The standard InChI is InChI=1S/C29H28BrF6N3O3/c1-27(2,17-8-18(28(31,32)33)10-19(9-17)29(34,35)36)26(42)38(3)24-13-37-25(39-14-22(41)11-21(39)15-40)12-23(24)16-5-4-6-20(30)7-16/h4-10,12-13,21-22,40-41H,11,14-15H2,1-3H3/t21-,22+/m0/s1. The van der Waals surface area contributed by atoms with Crippen molar-refractivity contribution in [2.75, 3.05) is 30.0 Å². The number of nitrogens with zero attached hydrogens (tertiary/aromatic N) is 3. The normalized spacial score (nSPS) is 18.0. The van der Waals surface area contributed by atoms with Gasteiger partial charge in [0.1, 0.15) is 5.82 Å². The number of aliphatic hydroxyl groups excluding tert-OH is 2. The van der Waals surface area contributed by atoms with Gasteiger partial charge in [-0.05, 0) is 67.8 Å². The predicted molar refractivity (Wildman–Crippen MR) is 149 cm³/mol. The van der Waals surface area contributed by atoms with Gasteiger partial charge in [0.15, 0.2) is 0 Å². The van der Waals surface area contributed by atoms with Crippen molar-refractivity contribution in [2.24, 2.45) is 0 Å². The van der Waals surface area contributed by atoms with Gasteiger partial charge in [-0.3, -0.25) is 4.79 Å². The summed E-state index contributed by atoms with van der Waals surface area (Å²) in [5.74, 6) is -0.359. The lowest BCUT2D eigenvalue weighted by Crippen LogP contribution is -2.42. The molecule has 1 amide bonds. The lowest BCUT2D eigenvalue weighted by Gasteiger charge is -2.32. The number of anilines is 2. The highest BCUT2D eigenvalue weighted by Gasteiger charge is 2.41. The Kier molecular flexibility index (Phi) is 8.69. The molecule has 2 aromatic carbocycles. The number of β-amino-alcohol motifs (C(OH)–C–C–N with tert-alkyl or cyclic N) is 1. The molecule has 3 aromatic rings. The highest BCUT2D eigenvalue weighted by Crippen LogP contribution is 2.41. The van der Waals surface area contributed by atoms with Crippen LogP contribution in [0.3, 0.4) is 0 Å². The summed E-state index contributed by atoms with van der Waals surface area (Å²) in [6.07, 6.45) is -9.10. The summed E-state index contributed by atoms with van der Waals surface area (Å²) in [6, 6.07) is 9.50. The summed E-state index contributed by atoms with van der Waals surface area (Å²) in [6.45, 7) is 2.52. The number of carbonyl (C=O) groups is 1. The van der Waals surface area contributed by atoms with E-state index >= 15 is 0 Å². The molecule has 2 N–H and O–H groups in total. The molecule has 226 valence electrons. The Balaban J connectivity index is 1.81. The fraction of sp³-hybridized carbons (Fsp3) is 0.379. The van der Waals surface area contributed by atoms with Crippen molar-refractivity contribution < 1.29 is 41.4 Å². The molecule has 4 rings (SSSR count). The van der Waals surface area contributed by atoms with Gasteiger partial charge in [-0.15, -0.1) is 0 Å². The quantitative estimate of drug-likeness (QED) is 0.299. The van der Waals surface area contributed by atoms with Crippen LogP contribution < -0.4 is 9.80 Å². The number of likely N-dealkylation sites (N-methyl/N-ethyl adjacent to an activating group) is 1. The first-order chi connectivity index (χ1) is 19.4. The van der Waals surface area contributed by atoms with Crippen LogP contribution in [0.2, 0.25) is 0 Å². The number of carbonyl (C=O) groups excluding carboxylic acids is 1. The smallest absolute Gasteiger partial charge is 0.394 e. The summed E-state index contributed by atoms with van der Waals surface area (Å²) in [7, 11) is 1.37. The third-order valence-corrected chi connectivity index (χ3v) is 7.90. The van der Waals surface area contributed by atoms with Crippen LogP contribution in [0.1, 0.15) is 37.0 Å². The second-order valence-corrected chi connectivity index (χ2v) is 11.6. The molecule has 0 aliphatic carbocycles. The number of hydrogen-bond donors (Lipinski definition) is 2. The second-order valence-electron chi connectivity index (χ2n) is 10.7. The van der Waals surface area contributed by atoms with Crippen molar-refractivity contribution in [3.8, 4) is 11.1 Å². The van der Waals surface area contributed by atoms with Crippen molar-refractivity contribution >= 4 is 33.3 Å². The molecule has 1 aromatic heterocycles. The maximum Gasteiger partial charge on any atom is 0.416 e. The molecule has 0 saturated carbocycles. The Hall–Kier alpha value is -3.16. The predicted octanol–water partition coefficient (Wildman–Crippen LogP) is 6.42. The molecule has 13 heteroatoms. The number of amides is 1. The topological polar surface area (TPSA) is 76.9 Å². The highest BCUT2D eigenvalue weighted by molar-refractivity contribution is 9.10. The minimum atomic E-state index is -5.07. The monoisotopic (exact) mass is 659 g/mol. The average Bonchev–Trinajstić information content (AvgIpc) is 3.31. The van der Waals surface area contributed by atoms with E-state index in [9.17, 15) is 41.4 Å². The zero-order valence-electron chi connectivity index (χ0n) is 22.8. The molecule has 0 bridgehead atoms. The van der Waals surface area contributed by atoms with Crippen LogP contribution in [-0.2, 0) is 22.6 Å². The maximum atomic E-state index is 13.9. The summed E-state index contributed by atoms with van der Waals surface area (Å²) in [5.41, 5.74) is -3.91. The van der Waals surface area contributed by atoms with Gasteiger partial charge in [0.05, 0.1) is 47.2 Å². The maximum absolute atomic E-state index is 13.9. The van der Waals surface area contributed by atoms with Crippen LogP contribution >= 0.6 is 15.9 Å². The largest absolute Gasteiger partial charge is 0.416 e. The van der Waals surface area contributed by atoms with E-state index in [1.165, 1.54) is 27.1 Å². The number of alkyl halides is 6. The Labute approximate surface area is 246 Å². The molecule has 0 radical (unpaired) electrons. The van der Waals surface area contributed by atoms with E-state index < -0.39 is 52.5 Å². The van der Waals surface area contributed by atoms with Gasteiger partial charge < -0.3 is 20.0 Å². The minimum absolute atomic E-state index is 0.0245. The van der Waals surface area contributed by atoms with Crippen molar-refractivity contribution in [1.29, 1.82) is 0 Å². The van der Waals surface area contributed by atoms with Crippen LogP contribution in [0.25, 0.3) is 11.1 Å². The first kappa shape index (κ1) is 31.8. The van der Waals surface area contributed by atoms with E-state index in [1.54, 1.807) is 35.2 Å². The van der Waals surface area contributed by atoms with E-state index in [0.717, 1.165) is 4.90 Å². The van der Waals surface area contributed by atoms with Crippen LogP contribution in [-0.4, -0.2) is 53.4 Å². The third kappa shape index (κ3) is 6.42. The zero-order chi connectivity index (χ0) is 31.2. The van der Waals surface area contributed by atoms with Crippen molar-refractivity contribution in [3.63, 3.8) is 0 Å². The first-order valence-corrected chi connectivity index (χ1v) is 13.6. The van der Waals surface area contributed by atoms with Crippen molar-refractivity contribution in [2.45, 2.75) is 50.2 Å². The number of benzene rings is 2. The molecule has 1 fully saturated rings. The molecule has 1 aliphatic heterocycles. The van der Waals surface area contributed by atoms with Crippen LogP contribution in [0.15, 0.2) is 59.2 Å². The van der Waals surface area contributed by atoms with Crippen molar-refractivity contribution in [1.82, 2.24) is 4.98 Å². The summed E-state index contributed by atoms with van der Waals surface area (Å²) in [4.78, 5) is 21.2. The lowest BCUT2D eigenvalue weighted by molar-refractivity contribution is -0.143. The number of rotatable bonds is 6. The van der Waals surface area contributed by atoms with E-state index in [1.807, 2.05) is 0 Å². The van der Waals surface area contributed by atoms with Crippen molar-refractivity contribution in [3.05, 3.63) is 75.9 Å². The van der Waals surface area contributed by atoms with E-state index in [2.05, 4.69) is 20.9 Å². The number of halogens is 7. The average molecular weight is 660 g/mol. The summed E-state index contributed by atoms with van der Waals surface area (Å²) >= 11 is 3.41. The van der Waals surface area contributed by atoms with Gasteiger partial charge in [-0.1, -0.05) is 28.1 Å². The van der Waals surface area contributed by atoms with Gasteiger partial charge in [0.2, 0.25) is 5.91 Å². The summed E-state index contributed by atoms with van der Waals surface area (Å²) in [5, 5.41) is 20.0. The van der Waals surface area contributed by atoms with Gasteiger partial charge in [-0.2, -0.15) is 26.3 Å². The molecular formula is C29H28BrF6N3O3. The molecule has 6 nitrogen and oxygen atoms in total. The molecule has 42 heavy (non-hydrogen) atoms. The van der Waals surface area contributed by atoms with Crippen LogP contribution in [0.4, 0.5) is 37.8 Å². The Morgan fingerprint density at radius 1 is 1.02 bits per heavy atom. The van der Waals surface area contributed by atoms with E-state index in [-0.39, 0.29) is 24.9 Å². The molecule has 0 spiro atoms. The van der Waals surface area contributed by atoms with Crippen LogP contribution in [0, 0.1) is 0 Å². The van der Waals surface area contributed by atoms with E-state index in [0.29, 0.717) is 40.0 Å². The number of aromatic nitrogens is 1. The third-order valence-electron chi connectivity index (χ3n) is 7.41. The highest BCUT2D eigenvalue weighted by atomic mass is 79.9. The second kappa shape index (κ2) is 11.5. The number of pyridine rings is 1. The van der Waals surface area contributed by atoms with Crippen LogP contribution in [0.5, 0.6) is 0 Å². The van der Waals surface area contributed by atoms with Gasteiger partial charge in [0, 0.05) is 23.6 Å². The summed E-state index contributed by atoms with van der Waals surface area (Å²) < 4.78 is 82.0. The molecule has 2 heterocycles.